The molecule has 0 aromatic heterocycles. The summed E-state index contributed by atoms with van der Waals surface area (Å²) in [6.07, 6.45) is 25.8. The van der Waals surface area contributed by atoms with Crippen LogP contribution in [0.4, 0.5) is 0 Å². The molecule has 55 heavy (non-hydrogen) atoms. The summed E-state index contributed by atoms with van der Waals surface area (Å²) in [5, 5.41) is 3.52. The predicted molar refractivity (Wildman–Crippen MR) is 231 cm³/mol. The van der Waals surface area contributed by atoms with Crippen molar-refractivity contribution in [2.24, 2.45) is 51.9 Å². The smallest absolute Gasteiger partial charge is 0.306 e. The van der Waals surface area contributed by atoms with E-state index in [1.54, 1.807) is 5.57 Å². The molecular weight excluding hydrogens is 681 g/mol. The number of ether oxygens (including phenoxy) is 1. The Morgan fingerprint density at radius 2 is 1.65 bits per heavy atom. The van der Waals surface area contributed by atoms with E-state index >= 15 is 0 Å². The molecule has 0 radical (unpaired) electrons. The van der Waals surface area contributed by atoms with Crippen molar-refractivity contribution in [3.8, 4) is 0 Å². The minimum absolute atomic E-state index is 0.0268. The van der Waals surface area contributed by atoms with Gasteiger partial charge >= 0.3 is 5.97 Å². The van der Waals surface area contributed by atoms with Crippen molar-refractivity contribution in [1.82, 2.24) is 10.2 Å². The van der Waals surface area contributed by atoms with Crippen LogP contribution in [0.25, 0.3) is 0 Å². The molecule has 0 spiro atoms. The number of hydrogen-bond acceptors (Lipinski definition) is 6. The van der Waals surface area contributed by atoms with E-state index in [0.717, 1.165) is 113 Å². The van der Waals surface area contributed by atoms with E-state index in [4.69, 9.17) is 16.2 Å². The van der Waals surface area contributed by atoms with E-state index in [9.17, 15) is 9.59 Å². The maximum Gasteiger partial charge on any atom is 0.306 e. The van der Waals surface area contributed by atoms with Gasteiger partial charge in [0.25, 0.3) is 0 Å². The minimum Gasteiger partial charge on any atom is -0.462 e. The Balaban J connectivity index is 1.22. The maximum atomic E-state index is 13.5. The standard InChI is InChI=1S/C48H88N4O3/c1-9-45(6,49)29-32-51-31-14-15-33-52(34-30-48(50,10-2)11-3)43(53)19-16-20-44(54)55-39-25-27-47(8)38(35-39)21-23-40-41-24-22-37(18-13-12-17-36(4)5)46(41,7)28-26-42(40)47/h21,36-37,39-42,51H,9-20,22-35,49-50H2,1-8H3. The highest BCUT2D eigenvalue weighted by atomic mass is 16.5. The van der Waals surface area contributed by atoms with Gasteiger partial charge in [-0.1, -0.05) is 79.4 Å². The Morgan fingerprint density at radius 1 is 0.891 bits per heavy atom. The monoisotopic (exact) mass is 769 g/mol. The zero-order chi connectivity index (χ0) is 40.3. The van der Waals surface area contributed by atoms with Crippen molar-refractivity contribution < 1.29 is 14.3 Å². The van der Waals surface area contributed by atoms with E-state index < -0.39 is 0 Å². The molecule has 7 heteroatoms. The van der Waals surface area contributed by atoms with E-state index in [2.05, 4.69) is 66.8 Å². The van der Waals surface area contributed by atoms with Crippen molar-refractivity contribution in [2.75, 3.05) is 26.2 Å². The molecule has 8 atom stereocenters. The molecule has 7 nitrogen and oxygen atoms in total. The first-order chi connectivity index (χ1) is 26.1. The highest BCUT2D eigenvalue weighted by Crippen LogP contribution is 2.66. The molecule has 318 valence electrons. The van der Waals surface area contributed by atoms with Gasteiger partial charge in [-0.05, 0) is 163 Å². The Hall–Kier alpha value is -1.44. The zero-order valence-electron chi connectivity index (χ0n) is 37.3. The molecular formula is C48H88N4O3. The number of allylic oxidation sites excluding steroid dienone is 1. The molecule has 5 N–H and O–H groups in total. The molecule has 0 aromatic rings. The van der Waals surface area contributed by atoms with Crippen LogP contribution in [0, 0.1) is 40.4 Å². The van der Waals surface area contributed by atoms with Crippen LogP contribution in [0.15, 0.2) is 11.6 Å². The number of amides is 1. The molecule has 0 aromatic carbocycles. The van der Waals surface area contributed by atoms with Crippen molar-refractivity contribution in [3.63, 3.8) is 0 Å². The van der Waals surface area contributed by atoms with Gasteiger partial charge in [0.1, 0.15) is 6.10 Å². The fraction of sp³-hybridized carbons (Fsp3) is 0.917. The van der Waals surface area contributed by atoms with Gasteiger partial charge in [-0.25, -0.2) is 0 Å². The molecule has 8 unspecified atom stereocenters. The van der Waals surface area contributed by atoms with Crippen LogP contribution in [0.1, 0.15) is 197 Å². The number of fused-ring (bicyclic) bond motifs is 5. The highest BCUT2D eigenvalue weighted by Gasteiger charge is 2.58. The summed E-state index contributed by atoms with van der Waals surface area (Å²) in [7, 11) is 0. The molecule has 3 saturated carbocycles. The summed E-state index contributed by atoms with van der Waals surface area (Å²) in [5.41, 5.74) is 14.9. The topological polar surface area (TPSA) is 111 Å². The Morgan fingerprint density at radius 3 is 2.36 bits per heavy atom. The number of rotatable bonds is 24. The molecule has 4 aliphatic carbocycles. The van der Waals surface area contributed by atoms with E-state index in [0.29, 0.717) is 31.2 Å². The average Bonchev–Trinajstić information content (AvgIpc) is 3.49. The molecule has 0 saturated heterocycles. The number of esters is 1. The number of carbonyl (C=O) groups is 2. The second kappa shape index (κ2) is 21.0. The number of unbranched alkanes of at least 4 members (excludes halogenated alkanes) is 2. The lowest BCUT2D eigenvalue weighted by atomic mass is 9.47. The fourth-order valence-corrected chi connectivity index (χ4v) is 11.6. The number of carbonyl (C=O) groups excluding carboxylic acids is 2. The fourth-order valence-electron chi connectivity index (χ4n) is 11.6. The average molecular weight is 769 g/mol. The van der Waals surface area contributed by atoms with E-state index in [1.165, 1.54) is 57.8 Å². The lowest BCUT2D eigenvalue weighted by molar-refractivity contribution is -0.151. The van der Waals surface area contributed by atoms with Gasteiger partial charge in [0.2, 0.25) is 5.91 Å². The van der Waals surface area contributed by atoms with E-state index in [-0.39, 0.29) is 34.5 Å². The van der Waals surface area contributed by atoms with Gasteiger partial charge in [0, 0.05) is 43.4 Å². The van der Waals surface area contributed by atoms with Crippen LogP contribution < -0.4 is 16.8 Å². The third kappa shape index (κ3) is 12.5. The molecule has 0 heterocycles. The van der Waals surface area contributed by atoms with Crippen LogP contribution in [-0.4, -0.2) is 60.1 Å². The SMILES string of the molecule is CCC(C)(N)CCNCCCCN(CCC(N)(CC)CC)C(=O)CCCC(=O)OC1CCC2(C)C(=CCC3C2CCC2(C)C(CCCCC(C)C)CCC32)C1. The van der Waals surface area contributed by atoms with Gasteiger partial charge in [0.15, 0.2) is 0 Å². The van der Waals surface area contributed by atoms with Crippen molar-refractivity contribution in [3.05, 3.63) is 11.6 Å². The summed E-state index contributed by atoms with van der Waals surface area (Å²) < 4.78 is 6.15. The highest BCUT2D eigenvalue weighted by molar-refractivity contribution is 5.77. The van der Waals surface area contributed by atoms with Crippen molar-refractivity contribution >= 4 is 11.9 Å². The van der Waals surface area contributed by atoms with Gasteiger partial charge in [0.05, 0.1) is 0 Å². The summed E-state index contributed by atoms with van der Waals surface area (Å²) in [6.45, 7) is 21.7. The van der Waals surface area contributed by atoms with Gasteiger partial charge in [-0.15, -0.1) is 0 Å². The first kappa shape index (κ1) is 46.3. The minimum atomic E-state index is -0.243. The molecule has 4 aliphatic rings. The second-order valence-electron chi connectivity index (χ2n) is 20.4. The first-order valence-corrected chi connectivity index (χ1v) is 23.5. The van der Waals surface area contributed by atoms with Crippen LogP contribution in [0.5, 0.6) is 0 Å². The van der Waals surface area contributed by atoms with Crippen LogP contribution in [0.3, 0.4) is 0 Å². The number of nitrogens with one attached hydrogen (secondary N) is 1. The lowest BCUT2D eigenvalue weighted by Gasteiger charge is -2.58. The molecule has 1 amide bonds. The quantitative estimate of drug-likeness (QED) is 0.0512. The lowest BCUT2D eigenvalue weighted by Crippen LogP contribution is -2.50. The molecule has 3 fully saturated rings. The number of nitrogens with two attached hydrogens (primary N) is 2. The first-order valence-electron chi connectivity index (χ1n) is 23.5. The van der Waals surface area contributed by atoms with Crippen LogP contribution in [0.2, 0.25) is 0 Å². The Bertz CT molecular complexity index is 1230. The van der Waals surface area contributed by atoms with Crippen LogP contribution in [-0.2, 0) is 14.3 Å². The summed E-state index contributed by atoms with van der Waals surface area (Å²) >= 11 is 0. The summed E-state index contributed by atoms with van der Waals surface area (Å²) in [6, 6.07) is 0. The predicted octanol–water partition coefficient (Wildman–Crippen LogP) is 10.5. The van der Waals surface area contributed by atoms with Crippen LogP contribution >= 0.6 is 0 Å². The summed E-state index contributed by atoms with van der Waals surface area (Å²) in [4.78, 5) is 28.7. The number of nitrogens with zero attached hydrogens (tertiary/aromatic N) is 1. The molecule has 0 aliphatic heterocycles. The second-order valence-corrected chi connectivity index (χ2v) is 20.4. The Kier molecular flexibility index (Phi) is 17.7. The van der Waals surface area contributed by atoms with E-state index in [1.807, 2.05) is 4.90 Å². The maximum absolute atomic E-state index is 13.5. The summed E-state index contributed by atoms with van der Waals surface area (Å²) in [5.74, 6) is 4.22. The largest absolute Gasteiger partial charge is 0.462 e. The van der Waals surface area contributed by atoms with Crippen molar-refractivity contribution in [1.29, 1.82) is 0 Å². The number of hydrogen-bond donors (Lipinski definition) is 3. The van der Waals surface area contributed by atoms with Gasteiger partial charge in [-0.3, -0.25) is 9.59 Å². The molecule has 0 bridgehead atoms. The molecule has 4 rings (SSSR count). The normalized spacial score (nSPS) is 30.2. The van der Waals surface area contributed by atoms with Gasteiger partial charge < -0.3 is 26.4 Å². The zero-order valence-corrected chi connectivity index (χ0v) is 37.3. The Labute approximate surface area is 339 Å². The third-order valence-corrected chi connectivity index (χ3v) is 16.3. The van der Waals surface area contributed by atoms with Gasteiger partial charge in [-0.2, -0.15) is 0 Å². The van der Waals surface area contributed by atoms with Crippen molar-refractivity contribution in [2.45, 2.75) is 214 Å². The third-order valence-electron chi connectivity index (χ3n) is 16.3.